The van der Waals surface area contributed by atoms with Crippen LogP contribution in [0.5, 0.6) is 0 Å². The first-order valence-corrected chi connectivity index (χ1v) is 8.06. The lowest BCUT2D eigenvalue weighted by atomic mass is 10.2. The van der Waals surface area contributed by atoms with Crippen molar-refractivity contribution in [2.24, 2.45) is 0 Å². The van der Waals surface area contributed by atoms with Crippen LogP contribution in [0.25, 0.3) is 10.9 Å². The van der Waals surface area contributed by atoms with E-state index in [-0.39, 0.29) is 0 Å². The average molecular weight is 285 g/mol. The third kappa shape index (κ3) is 2.99. The molecule has 0 unspecified atom stereocenters. The highest BCUT2D eigenvalue weighted by atomic mass is 15.3. The van der Waals surface area contributed by atoms with Crippen molar-refractivity contribution in [2.75, 3.05) is 33.2 Å². The van der Waals surface area contributed by atoms with Crippen LogP contribution in [-0.4, -0.2) is 47.6 Å². The molecule has 0 bridgehead atoms. The van der Waals surface area contributed by atoms with Crippen LogP contribution in [0.3, 0.4) is 0 Å². The van der Waals surface area contributed by atoms with Gasteiger partial charge in [0.25, 0.3) is 0 Å². The number of fused-ring (bicyclic) bond motifs is 1. The minimum Gasteiger partial charge on any atom is -0.341 e. The summed E-state index contributed by atoms with van der Waals surface area (Å²) in [6.45, 7) is 12.5. The standard InChI is InChI=1S/C18H27N3/c1-14(2)21-17(13-20-9-7-19(4)8-10-20)12-16-6-5-15(3)11-18(16)21/h5-6,11-12,14H,7-10,13H2,1-4H3. The summed E-state index contributed by atoms with van der Waals surface area (Å²) in [5.74, 6) is 0. The normalized spacial score (nSPS) is 18.0. The molecule has 1 fully saturated rings. The molecule has 2 heterocycles. The SMILES string of the molecule is Cc1ccc2cc(CN3CCN(C)CC3)n(C(C)C)c2c1. The van der Waals surface area contributed by atoms with Crippen molar-refractivity contribution in [2.45, 2.75) is 33.4 Å². The van der Waals surface area contributed by atoms with Crippen LogP contribution in [0.4, 0.5) is 0 Å². The predicted octanol–water partition coefficient (Wildman–Crippen LogP) is 3.28. The molecule has 3 rings (SSSR count). The summed E-state index contributed by atoms with van der Waals surface area (Å²) in [5, 5.41) is 1.37. The molecule has 114 valence electrons. The molecule has 3 nitrogen and oxygen atoms in total. The first kappa shape index (κ1) is 14.6. The molecule has 0 radical (unpaired) electrons. The molecular weight excluding hydrogens is 258 g/mol. The minimum atomic E-state index is 0.506. The number of rotatable bonds is 3. The molecule has 1 aromatic carbocycles. The molecule has 21 heavy (non-hydrogen) atoms. The Kier molecular flexibility index (Phi) is 4.05. The van der Waals surface area contributed by atoms with Crippen molar-refractivity contribution >= 4 is 10.9 Å². The molecule has 0 atom stereocenters. The molecule has 0 spiro atoms. The predicted molar refractivity (Wildman–Crippen MR) is 89.8 cm³/mol. The monoisotopic (exact) mass is 285 g/mol. The Labute approximate surface area is 128 Å². The number of nitrogens with zero attached hydrogens (tertiary/aromatic N) is 3. The number of aromatic nitrogens is 1. The van der Waals surface area contributed by atoms with Crippen LogP contribution in [-0.2, 0) is 6.54 Å². The molecule has 0 saturated carbocycles. The maximum atomic E-state index is 2.58. The minimum absolute atomic E-state index is 0.506. The first-order valence-electron chi connectivity index (χ1n) is 8.06. The van der Waals surface area contributed by atoms with E-state index in [1.54, 1.807) is 0 Å². The Balaban J connectivity index is 1.92. The molecule has 2 aromatic rings. The van der Waals surface area contributed by atoms with E-state index in [9.17, 15) is 0 Å². The van der Waals surface area contributed by atoms with E-state index in [2.05, 4.69) is 66.5 Å². The number of aryl methyl sites for hydroxylation is 1. The summed E-state index contributed by atoms with van der Waals surface area (Å²) in [6, 6.07) is 9.69. The summed E-state index contributed by atoms with van der Waals surface area (Å²) in [7, 11) is 2.21. The number of likely N-dealkylation sites (N-methyl/N-ethyl adjacent to an activating group) is 1. The topological polar surface area (TPSA) is 11.4 Å². The highest BCUT2D eigenvalue weighted by Crippen LogP contribution is 2.26. The van der Waals surface area contributed by atoms with Crippen LogP contribution in [0.2, 0.25) is 0 Å². The van der Waals surface area contributed by atoms with Gasteiger partial charge in [0.1, 0.15) is 0 Å². The maximum absolute atomic E-state index is 2.58. The summed E-state index contributed by atoms with van der Waals surface area (Å²) in [5.41, 5.74) is 4.18. The van der Waals surface area contributed by atoms with Gasteiger partial charge in [-0.3, -0.25) is 4.90 Å². The van der Waals surface area contributed by atoms with Crippen molar-refractivity contribution in [3.8, 4) is 0 Å². The van der Waals surface area contributed by atoms with E-state index >= 15 is 0 Å². The van der Waals surface area contributed by atoms with Gasteiger partial charge in [-0.2, -0.15) is 0 Å². The van der Waals surface area contributed by atoms with Crippen molar-refractivity contribution in [1.82, 2.24) is 14.4 Å². The smallest absolute Gasteiger partial charge is 0.0488 e. The third-order valence-corrected chi connectivity index (χ3v) is 4.57. The van der Waals surface area contributed by atoms with Gasteiger partial charge in [-0.05, 0) is 50.9 Å². The molecule has 1 saturated heterocycles. The highest BCUT2D eigenvalue weighted by Gasteiger charge is 2.18. The van der Waals surface area contributed by atoms with E-state index in [1.807, 2.05) is 0 Å². The van der Waals surface area contributed by atoms with E-state index in [1.165, 1.54) is 48.3 Å². The second-order valence-corrected chi connectivity index (χ2v) is 6.74. The van der Waals surface area contributed by atoms with Gasteiger partial charge < -0.3 is 9.47 Å². The summed E-state index contributed by atoms with van der Waals surface area (Å²) in [6.07, 6.45) is 0. The Morgan fingerprint density at radius 2 is 1.76 bits per heavy atom. The van der Waals surface area contributed by atoms with Crippen LogP contribution in [0, 0.1) is 6.92 Å². The second kappa shape index (κ2) is 5.82. The lowest BCUT2D eigenvalue weighted by Gasteiger charge is -2.32. The highest BCUT2D eigenvalue weighted by molar-refractivity contribution is 5.82. The Bertz CT molecular complexity index is 619. The maximum Gasteiger partial charge on any atom is 0.0488 e. The largest absolute Gasteiger partial charge is 0.341 e. The Morgan fingerprint density at radius 3 is 2.43 bits per heavy atom. The van der Waals surface area contributed by atoms with Crippen LogP contribution in [0.15, 0.2) is 24.3 Å². The van der Waals surface area contributed by atoms with Crippen molar-refractivity contribution < 1.29 is 0 Å². The van der Waals surface area contributed by atoms with Gasteiger partial charge >= 0.3 is 0 Å². The molecule has 0 aliphatic carbocycles. The zero-order valence-corrected chi connectivity index (χ0v) is 13.8. The Hall–Kier alpha value is -1.32. The van der Waals surface area contributed by atoms with Crippen molar-refractivity contribution in [1.29, 1.82) is 0 Å². The van der Waals surface area contributed by atoms with Gasteiger partial charge in [0.15, 0.2) is 0 Å². The zero-order valence-electron chi connectivity index (χ0n) is 13.8. The lowest BCUT2D eigenvalue weighted by molar-refractivity contribution is 0.145. The average Bonchev–Trinajstić information content (AvgIpc) is 2.78. The Morgan fingerprint density at radius 1 is 1.05 bits per heavy atom. The van der Waals surface area contributed by atoms with E-state index in [0.29, 0.717) is 6.04 Å². The molecule has 0 amide bonds. The molecule has 3 heteroatoms. The fourth-order valence-electron chi connectivity index (χ4n) is 3.35. The fraction of sp³-hybridized carbons (Fsp3) is 0.556. The van der Waals surface area contributed by atoms with Crippen LogP contribution >= 0.6 is 0 Å². The van der Waals surface area contributed by atoms with E-state index in [4.69, 9.17) is 0 Å². The zero-order chi connectivity index (χ0) is 15.0. The quantitative estimate of drug-likeness (QED) is 0.857. The van der Waals surface area contributed by atoms with Gasteiger partial charge in [-0.1, -0.05) is 12.1 Å². The number of hydrogen-bond donors (Lipinski definition) is 0. The molecule has 1 aliphatic heterocycles. The summed E-state index contributed by atoms with van der Waals surface area (Å²) in [4.78, 5) is 5.00. The van der Waals surface area contributed by atoms with Gasteiger partial charge in [-0.25, -0.2) is 0 Å². The van der Waals surface area contributed by atoms with Crippen molar-refractivity contribution in [3.63, 3.8) is 0 Å². The summed E-state index contributed by atoms with van der Waals surface area (Å²) >= 11 is 0. The third-order valence-electron chi connectivity index (χ3n) is 4.57. The van der Waals surface area contributed by atoms with Gasteiger partial charge in [0, 0.05) is 50.0 Å². The number of benzene rings is 1. The van der Waals surface area contributed by atoms with Crippen molar-refractivity contribution in [3.05, 3.63) is 35.5 Å². The van der Waals surface area contributed by atoms with Crippen LogP contribution in [0.1, 0.15) is 31.1 Å². The van der Waals surface area contributed by atoms with E-state index in [0.717, 1.165) is 6.54 Å². The molecule has 1 aliphatic rings. The lowest BCUT2D eigenvalue weighted by Crippen LogP contribution is -2.44. The summed E-state index contributed by atoms with van der Waals surface area (Å²) < 4.78 is 2.51. The van der Waals surface area contributed by atoms with Gasteiger partial charge in [0.2, 0.25) is 0 Å². The van der Waals surface area contributed by atoms with Gasteiger partial charge in [-0.15, -0.1) is 0 Å². The van der Waals surface area contributed by atoms with Crippen LogP contribution < -0.4 is 0 Å². The molecule has 0 N–H and O–H groups in total. The number of piperazine rings is 1. The second-order valence-electron chi connectivity index (χ2n) is 6.74. The first-order chi connectivity index (χ1) is 10.0. The fourth-order valence-corrected chi connectivity index (χ4v) is 3.35. The number of hydrogen-bond acceptors (Lipinski definition) is 2. The molecular formula is C18H27N3. The van der Waals surface area contributed by atoms with Gasteiger partial charge in [0.05, 0.1) is 0 Å². The van der Waals surface area contributed by atoms with E-state index < -0.39 is 0 Å². The molecule has 1 aromatic heterocycles.